The van der Waals surface area contributed by atoms with Gasteiger partial charge in [0.15, 0.2) is 0 Å². The molecule has 0 radical (unpaired) electrons. The first-order valence-electron chi connectivity index (χ1n) is 3.39. The molecule has 1 fully saturated rings. The highest BCUT2D eigenvalue weighted by Crippen LogP contribution is 2.54. The van der Waals surface area contributed by atoms with Crippen molar-refractivity contribution >= 4 is 5.91 Å². The second-order valence-electron chi connectivity index (χ2n) is 3.17. The Morgan fingerprint density at radius 2 is 2.44 bits per heavy atom. The van der Waals surface area contributed by atoms with Gasteiger partial charge in [-0.25, -0.2) is 0 Å². The van der Waals surface area contributed by atoms with Crippen LogP contribution < -0.4 is 5.73 Å². The maximum atomic E-state index is 10.6. The first-order valence-corrected chi connectivity index (χ1v) is 3.39. The molecule has 52 valence electrons. The van der Waals surface area contributed by atoms with Gasteiger partial charge >= 0.3 is 0 Å². The summed E-state index contributed by atoms with van der Waals surface area (Å²) in [4.78, 5) is 10.6. The maximum absolute atomic E-state index is 10.6. The number of rotatable bonds is 2. The molecular weight excluding hydrogens is 114 g/mol. The lowest BCUT2D eigenvalue weighted by molar-refractivity contribution is -0.119. The van der Waals surface area contributed by atoms with Crippen LogP contribution in [0, 0.1) is 11.3 Å². The minimum atomic E-state index is -0.126. The lowest BCUT2D eigenvalue weighted by atomic mass is 10.0. The average molecular weight is 127 g/mol. The van der Waals surface area contributed by atoms with Crippen LogP contribution in [-0.4, -0.2) is 5.91 Å². The van der Waals surface area contributed by atoms with Crippen LogP contribution in [0.15, 0.2) is 0 Å². The molecule has 2 heteroatoms. The molecule has 0 aromatic rings. The van der Waals surface area contributed by atoms with Crippen LogP contribution in [0.1, 0.15) is 26.7 Å². The minimum Gasteiger partial charge on any atom is -0.369 e. The van der Waals surface area contributed by atoms with Crippen LogP contribution in [0.2, 0.25) is 0 Å². The lowest BCUT2D eigenvalue weighted by Gasteiger charge is -2.02. The quantitative estimate of drug-likeness (QED) is 0.588. The predicted octanol–water partition coefficient (Wildman–Crippen LogP) is 0.908. The van der Waals surface area contributed by atoms with Gasteiger partial charge in [-0.3, -0.25) is 4.79 Å². The minimum absolute atomic E-state index is 0.126. The van der Waals surface area contributed by atoms with Gasteiger partial charge in [-0.05, 0) is 18.3 Å². The van der Waals surface area contributed by atoms with E-state index in [2.05, 4.69) is 13.8 Å². The molecule has 2 N–H and O–H groups in total. The van der Waals surface area contributed by atoms with Crippen LogP contribution in [0.5, 0.6) is 0 Å². The fraction of sp³-hybridized carbons (Fsp3) is 0.857. The van der Waals surface area contributed by atoms with Crippen LogP contribution in [-0.2, 0) is 4.79 Å². The highest BCUT2D eigenvalue weighted by Gasteiger charge is 2.51. The van der Waals surface area contributed by atoms with E-state index in [0.29, 0.717) is 0 Å². The summed E-state index contributed by atoms with van der Waals surface area (Å²) in [6.07, 6.45) is 2.07. The Morgan fingerprint density at radius 1 is 1.89 bits per heavy atom. The van der Waals surface area contributed by atoms with Gasteiger partial charge in [0, 0.05) is 5.92 Å². The molecule has 2 nitrogen and oxygen atoms in total. The molecule has 1 saturated carbocycles. The second-order valence-corrected chi connectivity index (χ2v) is 3.17. The Morgan fingerprint density at radius 3 is 2.56 bits per heavy atom. The molecule has 0 aliphatic heterocycles. The summed E-state index contributed by atoms with van der Waals surface area (Å²) in [6, 6.07) is 0. The van der Waals surface area contributed by atoms with Gasteiger partial charge in [0.1, 0.15) is 0 Å². The van der Waals surface area contributed by atoms with Crippen molar-refractivity contribution in [3.05, 3.63) is 0 Å². The van der Waals surface area contributed by atoms with Crippen LogP contribution >= 0.6 is 0 Å². The van der Waals surface area contributed by atoms with E-state index in [1.54, 1.807) is 0 Å². The third-order valence-electron chi connectivity index (χ3n) is 2.50. The molecule has 1 rings (SSSR count). The van der Waals surface area contributed by atoms with E-state index in [4.69, 9.17) is 5.73 Å². The molecule has 0 spiro atoms. The zero-order chi connectivity index (χ0) is 7.07. The molecule has 1 aliphatic rings. The number of carbonyl (C=O) groups excluding carboxylic acids is 1. The maximum Gasteiger partial charge on any atom is 0.221 e. The highest BCUT2D eigenvalue weighted by molar-refractivity contribution is 5.80. The first kappa shape index (κ1) is 6.59. The van der Waals surface area contributed by atoms with Crippen molar-refractivity contribution in [1.82, 2.24) is 0 Å². The standard InChI is InChI=1S/C7H13NO/c1-3-7(2)4-5(7)6(8)9/h5H,3-4H2,1-2H3,(H2,8,9)/t5-,7-/m0/s1. The summed E-state index contributed by atoms with van der Waals surface area (Å²) in [5.41, 5.74) is 5.37. The summed E-state index contributed by atoms with van der Waals surface area (Å²) in [7, 11) is 0. The molecule has 2 atom stereocenters. The van der Waals surface area contributed by atoms with Gasteiger partial charge in [-0.15, -0.1) is 0 Å². The summed E-state index contributed by atoms with van der Waals surface area (Å²) in [6.45, 7) is 4.21. The van der Waals surface area contributed by atoms with Gasteiger partial charge in [0.25, 0.3) is 0 Å². The Labute approximate surface area is 55.4 Å². The van der Waals surface area contributed by atoms with Gasteiger partial charge in [0.05, 0.1) is 0 Å². The van der Waals surface area contributed by atoms with Crippen LogP contribution in [0.4, 0.5) is 0 Å². The van der Waals surface area contributed by atoms with E-state index in [1.165, 1.54) is 0 Å². The smallest absolute Gasteiger partial charge is 0.221 e. The lowest BCUT2D eigenvalue weighted by Crippen LogP contribution is -2.16. The Bertz CT molecular complexity index is 144. The van der Waals surface area contributed by atoms with Crippen molar-refractivity contribution in [1.29, 1.82) is 0 Å². The van der Waals surface area contributed by atoms with Gasteiger partial charge in [0.2, 0.25) is 5.91 Å². The zero-order valence-electron chi connectivity index (χ0n) is 5.98. The zero-order valence-corrected chi connectivity index (χ0v) is 5.98. The number of hydrogen-bond acceptors (Lipinski definition) is 1. The van der Waals surface area contributed by atoms with Crippen LogP contribution in [0.25, 0.3) is 0 Å². The largest absolute Gasteiger partial charge is 0.369 e. The number of amides is 1. The number of primary amides is 1. The van der Waals surface area contributed by atoms with Gasteiger partial charge in [-0.1, -0.05) is 13.8 Å². The summed E-state index contributed by atoms with van der Waals surface area (Å²) < 4.78 is 0. The van der Waals surface area contributed by atoms with Gasteiger partial charge in [-0.2, -0.15) is 0 Å². The molecule has 0 heterocycles. The van der Waals surface area contributed by atoms with E-state index in [1.807, 2.05) is 0 Å². The molecule has 9 heavy (non-hydrogen) atoms. The van der Waals surface area contributed by atoms with E-state index in [0.717, 1.165) is 12.8 Å². The average Bonchev–Trinajstić information content (AvgIpc) is 2.44. The van der Waals surface area contributed by atoms with E-state index >= 15 is 0 Å². The van der Waals surface area contributed by atoms with E-state index < -0.39 is 0 Å². The fourth-order valence-corrected chi connectivity index (χ4v) is 1.24. The summed E-state index contributed by atoms with van der Waals surface area (Å²) in [5, 5.41) is 0. The number of carbonyl (C=O) groups is 1. The first-order chi connectivity index (χ1) is 4.10. The predicted molar refractivity (Wildman–Crippen MR) is 35.7 cm³/mol. The SMILES string of the molecule is CC[C@@]1(C)C[C@H]1C(N)=O. The van der Waals surface area contributed by atoms with Crippen molar-refractivity contribution in [2.45, 2.75) is 26.7 Å². The third-order valence-corrected chi connectivity index (χ3v) is 2.50. The van der Waals surface area contributed by atoms with Crippen molar-refractivity contribution < 1.29 is 4.79 Å². The molecule has 0 saturated heterocycles. The molecule has 0 aromatic carbocycles. The summed E-state index contributed by atoms with van der Waals surface area (Å²) in [5.74, 6) is 0.0434. The fourth-order valence-electron chi connectivity index (χ4n) is 1.24. The van der Waals surface area contributed by atoms with Crippen molar-refractivity contribution in [3.63, 3.8) is 0 Å². The molecule has 1 aliphatic carbocycles. The van der Waals surface area contributed by atoms with Crippen molar-refractivity contribution in [2.24, 2.45) is 17.1 Å². The second kappa shape index (κ2) is 1.72. The normalized spacial score (nSPS) is 40.4. The molecule has 0 aromatic heterocycles. The Hall–Kier alpha value is -0.530. The summed E-state index contributed by atoms with van der Waals surface area (Å²) >= 11 is 0. The van der Waals surface area contributed by atoms with Gasteiger partial charge < -0.3 is 5.73 Å². The molecular formula is C7H13NO. The third kappa shape index (κ3) is 0.934. The van der Waals surface area contributed by atoms with Crippen molar-refractivity contribution in [3.8, 4) is 0 Å². The molecule has 0 unspecified atom stereocenters. The molecule has 0 bridgehead atoms. The van der Waals surface area contributed by atoms with E-state index in [9.17, 15) is 4.79 Å². The van der Waals surface area contributed by atoms with E-state index in [-0.39, 0.29) is 17.2 Å². The van der Waals surface area contributed by atoms with Crippen molar-refractivity contribution in [2.75, 3.05) is 0 Å². The topological polar surface area (TPSA) is 43.1 Å². The molecule has 1 amide bonds. The number of nitrogens with two attached hydrogens (primary N) is 1. The Kier molecular flexibility index (Phi) is 1.26. The highest BCUT2D eigenvalue weighted by atomic mass is 16.1. The monoisotopic (exact) mass is 127 g/mol. The van der Waals surface area contributed by atoms with Crippen LogP contribution in [0.3, 0.4) is 0 Å². The Balaban J connectivity index is 2.48. The number of hydrogen-bond donors (Lipinski definition) is 1.